The lowest BCUT2D eigenvalue weighted by Crippen LogP contribution is -2.57. The molecule has 0 saturated carbocycles. The van der Waals surface area contributed by atoms with Crippen LogP contribution in [0.3, 0.4) is 0 Å². The van der Waals surface area contributed by atoms with E-state index >= 15 is 0 Å². The molecule has 0 aliphatic carbocycles. The predicted molar refractivity (Wildman–Crippen MR) is 77.2 cm³/mol. The van der Waals surface area contributed by atoms with Gasteiger partial charge in [0.15, 0.2) is 5.79 Å². The third kappa shape index (κ3) is 4.49. The van der Waals surface area contributed by atoms with Crippen molar-refractivity contribution in [2.24, 2.45) is 5.92 Å². The second kappa shape index (κ2) is 6.14. The molecule has 20 heavy (non-hydrogen) atoms. The van der Waals surface area contributed by atoms with Gasteiger partial charge in [-0.25, -0.2) is 4.79 Å². The molecule has 4 atom stereocenters. The molecule has 1 aliphatic heterocycles. The van der Waals surface area contributed by atoms with E-state index < -0.39 is 17.5 Å². The number of hydrogen-bond donors (Lipinski definition) is 2. The Morgan fingerprint density at radius 2 is 2.15 bits per heavy atom. The van der Waals surface area contributed by atoms with Crippen molar-refractivity contribution in [2.45, 2.75) is 71.0 Å². The minimum absolute atomic E-state index is 0.100. The van der Waals surface area contributed by atoms with Crippen LogP contribution >= 0.6 is 0 Å². The van der Waals surface area contributed by atoms with E-state index in [4.69, 9.17) is 9.47 Å². The van der Waals surface area contributed by atoms with E-state index in [0.29, 0.717) is 12.8 Å². The number of nitrogens with one attached hydrogen (secondary N) is 1. The summed E-state index contributed by atoms with van der Waals surface area (Å²) in [4.78, 5) is 11.8. The van der Waals surface area contributed by atoms with Crippen LogP contribution in [0.5, 0.6) is 0 Å². The Balaban J connectivity index is 2.63. The van der Waals surface area contributed by atoms with Crippen LogP contribution in [-0.4, -0.2) is 34.7 Å². The molecule has 116 valence electrons. The van der Waals surface area contributed by atoms with Crippen molar-refractivity contribution in [3.63, 3.8) is 0 Å². The maximum Gasteiger partial charge on any atom is 0.407 e. The fourth-order valence-electron chi connectivity index (χ4n) is 2.37. The smallest absolute Gasteiger partial charge is 0.407 e. The lowest BCUT2D eigenvalue weighted by atomic mass is 9.85. The molecule has 0 aromatic rings. The Bertz CT molecular complexity index is 363. The third-order valence-corrected chi connectivity index (χ3v) is 3.47. The molecule has 1 heterocycles. The number of hydrogen-bond acceptors (Lipinski definition) is 4. The lowest BCUT2D eigenvalue weighted by molar-refractivity contribution is -0.280. The van der Waals surface area contributed by atoms with E-state index in [1.807, 2.05) is 34.6 Å². The van der Waals surface area contributed by atoms with Crippen LogP contribution in [0.15, 0.2) is 12.7 Å². The first-order valence-electron chi connectivity index (χ1n) is 7.08. The average Bonchev–Trinajstić information content (AvgIpc) is 2.23. The maximum absolute atomic E-state index is 11.8. The molecular formula is C15H27NO4. The van der Waals surface area contributed by atoms with E-state index in [9.17, 15) is 9.90 Å². The van der Waals surface area contributed by atoms with E-state index in [0.717, 1.165) is 0 Å². The van der Waals surface area contributed by atoms with Gasteiger partial charge in [0.05, 0.1) is 12.1 Å². The molecule has 0 spiro atoms. The van der Waals surface area contributed by atoms with Crippen LogP contribution in [0.4, 0.5) is 4.79 Å². The van der Waals surface area contributed by atoms with E-state index in [2.05, 4.69) is 11.9 Å². The number of carbonyl (C=O) groups is 1. The first kappa shape index (κ1) is 17.0. The number of rotatable bonds is 3. The van der Waals surface area contributed by atoms with Crippen LogP contribution < -0.4 is 5.32 Å². The Labute approximate surface area is 121 Å². The highest BCUT2D eigenvalue weighted by Gasteiger charge is 2.44. The van der Waals surface area contributed by atoms with Gasteiger partial charge in [-0.05, 0) is 34.1 Å². The second-order valence-corrected chi connectivity index (χ2v) is 6.55. The van der Waals surface area contributed by atoms with Gasteiger partial charge in [-0.2, -0.15) is 0 Å². The third-order valence-electron chi connectivity index (χ3n) is 3.47. The number of carbonyl (C=O) groups excluding carboxylic acids is 1. The quantitative estimate of drug-likeness (QED) is 0.782. The largest absolute Gasteiger partial charge is 0.444 e. The zero-order valence-electron chi connectivity index (χ0n) is 13.1. The number of aliphatic hydroxyl groups is 1. The molecule has 1 amide bonds. The van der Waals surface area contributed by atoms with Crippen LogP contribution in [0.25, 0.3) is 0 Å². The van der Waals surface area contributed by atoms with Crippen molar-refractivity contribution >= 4 is 6.09 Å². The van der Waals surface area contributed by atoms with Gasteiger partial charge in [-0.15, -0.1) is 6.58 Å². The Morgan fingerprint density at radius 3 is 2.65 bits per heavy atom. The molecule has 1 saturated heterocycles. The summed E-state index contributed by atoms with van der Waals surface area (Å²) in [5.74, 6) is -1.30. The summed E-state index contributed by atoms with van der Waals surface area (Å²) in [5, 5.41) is 13.2. The van der Waals surface area contributed by atoms with Crippen molar-refractivity contribution in [3.8, 4) is 0 Å². The normalized spacial score (nSPS) is 34.4. The van der Waals surface area contributed by atoms with Crippen LogP contribution in [0, 0.1) is 5.92 Å². The molecular weight excluding hydrogens is 258 g/mol. The minimum atomic E-state index is -1.20. The SMILES string of the molecule is C=CCC1(O)O[C@H](C)[C@H](NC(=O)OC(C)(C)C)C[C@@H]1C. The molecule has 0 radical (unpaired) electrons. The molecule has 1 unspecified atom stereocenters. The molecule has 2 N–H and O–H groups in total. The minimum Gasteiger partial charge on any atom is -0.444 e. The first-order chi connectivity index (χ1) is 9.07. The summed E-state index contributed by atoms with van der Waals surface area (Å²) >= 11 is 0. The first-order valence-corrected chi connectivity index (χ1v) is 7.08. The van der Waals surface area contributed by atoms with Crippen molar-refractivity contribution in [3.05, 3.63) is 12.7 Å². The summed E-state index contributed by atoms with van der Waals surface area (Å²) in [7, 11) is 0. The summed E-state index contributed by atoms with van der Waals surface area (Å²) < 4.78 is 10.9. The van der Waals surface area contributed by atoms with Gasteiger partial charge in [0.1, 0.15) is 5.60 Å². The fourth-order valence-corrected chi connectivity index (χ4v) is 2.37. The molecule has 1 rings (SSSR count). The molecule has 0 aromatic carbocycles. The molecule has 1 fully saturated rings. The number of ether oxygens (including phenoxy) is 2. The van der Waals surface area contributed by atoms with E-state index in [-0.39, 0.29) is 18.1 Å². The van der Waals surface area contributed by atoms with Crippen molar-refractivity contribution < 1.29 is 19.4 Å². The fraction of sp³-hybridized carbons (Fsp3) is 0.800. The van der Waals surface area contributed by atoms with Crippen LogP contribution in [0.2, 0.25) is 0 Å². The highest BCUT2D eigenvalue weighted by molar-refractivity contribution is 5.68. The zero-order valence-corrected chi connectivity index (χ0v) is 13.1. The van der Waals surface area contributed by atoms with Gasteiger partial charge in [0, 0.05) is 12.3 Å². The standard InChI is InChI=1S/C15H27NO4/c1-7-8-15(18)10(2)9-12(11(3)19-15)16-13(17)20-14(4,5)6/h7,10-12,18H,1,8-9H2,2-6H3,(H,16,17)/t10-,11+,12+,15?/m0/s1. The molecule has 0 bridgehead atoms. The maximum atomic E-state index is 11.8. The summed E-state index contributed by atoms with van der Waals surface area (Å²) in [5.41, 5.74) is -0.530. The van der Waals surface area contributed by atoms with Gasteiger partial charge in [0.25, 0.3) is 0 Å². The Hall–Kier alpha value is -1.07. The Morgan fingerprint density at radius 1 is 1.55 bits per heavy atom. The summed E-state index contributed by atoms with van der Waals surface area (Å²) in [6.07, 6.45) is 1.90. The van der Waals surface area contributed by atoms with Crippen molar-refractivity contribution in [1.29, 1.82) is 0 Å². The van der Waals surface area contributed by atoms with Gasteiger partial charge in [0.2, 0.25) is 0 Å². The number of alkyl carbamates (subject to hydrolysis) is 1. The average molecular weight is 285 g/mol. The number of amides is 1. The van der Waals surface area contributed by atoms with E-state index in [1.54, 1.807) is 6.08 Å². The highest BCUT2D eigenvalue weighted by atomic mass is 16.6. The van der Waals surface area contributed by atoms with Gasteiger partial charge >= 0.3 is 6.09 Å². The predicted octanol–water partition coefficient (Wildman–Crippen LogP) is 2.59. The van der Waals surface area contributed by atoms with E-state index in [1.165, 1.54) is 0 Å². The Kier molecular flexibility index (Phi) is 5.21. The van der Waals surface area contributed by atoms with Crippen LogP contribution in [-0.2, 0) is 9.47 Å². The van der Waals surface area contributed by atoms with Gasteiger partial charge in [-0.3, -0.25) is 0 Å². The molecule has 5 heteroatoms. The van der Waals surface area contributed by atoms with Gasteiger partial charge < -0.3 is 19.9 Å². The lowest BCUT2D eigenvalue weighted by Gasteiger charge is -2.44. The molecule has 5 nitrogen and oxygen atoms in total. The topological polar surface area (TPSA) is 67.8 Å². The zero-order chi connectivity index (χ0) is 15.6. The van der Waals surface area contributed by atoms with Gasteiger partial charge in [-0.1, -0.05) is 13.0 Å². The summed E-state index contributed by atoms with van der Waals surface area (Å²) in [6.45, 7) is 12.8. The monoisotopic (exact) mass is 285 g/mol. The van der Waals surface area contributed by atoms with Crippen molar-refractivity contribution in [2.75, 3.05) is 0 Å². The second-order valence-electron chi connectivity index (χ2n) is 6.55. The molecule has 0 aromatic heterocycles. The van der Waals surface area contributed by atoms with Crippen LogP contribution in [0.1, 0.15) is 47.5 Å². The van der Waals surface area contributed by atoms with Crippen molar-refractivity contribution in [1.82, 2.24) is 5.32 Å². The molecule has 1 aliphatic rings. The highest BCUT2D eigenvalue weighted by Crippen LogP contribution is 2.35. The summed E-state index contributed by atoms with van der Waals surface area (Å²) in [6, 6.07) is -0.176.